The summed E-state index contributed by atoms with van der Waals surface area (Å²) < 4.78 is 39.8. The summed E-state index contributed by atoms with van der Waals surface area (Å²) in [5.41, 5.74) is 0. The largest absolute Gasteiger partial charge is 0.432 e. The van der Waals surface area contributed by atoms with E-state index in [1.807, 2.05) is 0 Å². The second kappa shape index (κ2) is 3.67. The molecule has 1 rings (SSSR count). The van der Waals surface area contributed by atoms with Gasteiger partial charge >= 0.3 is 6.61 Å². The highest BCUT2D eigenvalue weighted by molar-refractivity contribution is 6.30. The third-order valence-electron chi connectivity index (χ3n) is 1.13. The van der Waals surface area contributed by atoms with Crippen LogP contribution in [0, 0.1) is 5.82 Å². The van der Waals surface area contributed by atoms with E-state index in [0.29, 0.717) is 0 Å². The van der Waals surface area contributed by atoms with Crippen LogP contribution in [0.15, 0.2) is 18.2 Å². The van der Waals surface area contributed by atoms with Gasteiger partial charge in [0.25, 0.3) is 0 Å². The molecule has 0 spiro atoms. The lowest BCUT2D eigenvalue weighted by Crippen LogP contribution is -2.03. The Hall–Kier alpha value is -0.900. The van der Waals surface area contributed by atoms with Crippen LogP contribution >= 0.6 is 11.6 Å². The minimum absolute atomic E-state index is 0.242. The van der Waals surface area contributed by atoms with Gasteiger partial charge in [0.15, 0.2) is 11.6 Å². The van der Waals surface area contributed by atoms with Crippen molar-refractivity contribution < 1.29 is 17.9 Å². The fourth-order valence-corrected chi connectivity index (χ4v) is 0.837. The topological polar surface area (TPSA) is 9.23 Å². The SMILES string of the molecule is Fc1c(Cl)cccc1OC(F)F. The second-order valence-electron chi connectivity index (χ2n) is 1.93. The fourth-order valence-electron chi connectivity index (χ4n) is 0.671. The smallest absolute Gasteiger partial charge is 0.387 e. The van der Waals surface area contributed by atoms with Gasteiger partial charge in [0, 0.05) is 0 Å². The van der Waals surface area contributed by atoms with Crippen molar-refractivity contribution in [3.63, 3.8) is 0 Å². The maximum absolute atomic E-state index is 12.8. The summed E-state index contributed by atoms with van der Waals surface area (Å²) in [6.07, 6.45) is 0. The molecule has 66 valence electrons. The third kappa shape index (κ3) is 2.04. The predicted molar refractivity (Wildman–Crippen MR) is 38.0 cm³/mol. The van der Waals surface area contributed by atoms with Crippen molar-refractivity contribution >= 4 is 11.6 Å². The third-order valence-corrected chi connectivity index (χ3v) is 1.42. The van der Waals surface area contributed by atoms with E-state index in [9.17, 15) is 13.2 Å². The van der Waals surface area contributed by atoms with Crippen LogP contribution in [0.3, 0.4) is 0 Å². The molecule has 1 aromatic carbocycles. The molecule has 0 amide bonds. The van der Waals surface area contributed by atoms with Gasteiger partial charge in [-0.2, -0.15) is 8.78 Å². The van der Waals surface area contributed by atoms with Crippen LogP contribution in [-0.4, -0.2) is 6.61 Å². The Morgan fingerprint density at radius 2 is 2.00 bits per heavy atom. The van der Waals surface area contributed by atoms with E-state index in [0.717, 1.165) is 6.07 Å². The number of benzene rings is 1. The molecule has 0 unspecified atom stereocenters. The molecule has 0 atom stereocenters. The van der Waals surface area contributed by atoms with Gasteiger partial charge < -0.3 is 4.74 Å². The van der Waals surface area contributed by atoms with Gasteiger partial charge in [-0.1, -0.05) is 17.7 Å². The van der Waals surface area contributed by atoms with Crippen LogP contribution in [-0.2, 0) is 0 Å². The van der Waals surface area contributed by atoms with Crippen molar-refractivity contribution in [2.75, 3.05) is 0 Å². The fraction of sp³-hybridized carbons (Fsp3) is 0.143. The van der Waals surface area contributed by atoms with Gasteiger partial charge in [-0.25, -0.2) is 4.39 Å². The van der Waals surface area contributed by atoms with E-state index >= 15 is 0 Å². The summed E-state index contributed by atoms with van der Waals surface area (Å²) in [6.45, 7) is -3.04. The molecule has 0 aromatic heterocycles. The molecule has 0 aliphatic rings. The number of ether oxygens (including phenoxy) is 1. The summed E-state index contributed by atoms with van der Waals surface area (Å²) in [6, 6.07) is 3.64. The number of halogens is 4. The number of hydrogen-bond acceptors (Lipinski definition) is 1. The maximum Gasteiger partial charge on any atom is 0.387 e. The minimum Gasteiger partial charge on any atom is -0.432 e. The monoisotopic (exact) mass is 196 g/mol. The zero-order chi connectivity index (χ0) is 9.14. The zero-order valence-corrected chi connectivity index (χ0v) is 6.49. The second-order valence-corrected chi connectivity index (χ2v) is 2.34. The van der Waals surface area contributed by atoms with E-state index in [1.54, 1.807) is 0 Å². The van der Waals surface area contributed by atoms with Gasteiger partial charge in [-0.15, -0.1) is 0 Å². The molecule has 0 aliphatic heterocycles. The van der Waals surface area contributed by atoms with Crippen LogP contribution in [0.25, 0.3) is 0 Å². The molecule has 0 radical (unpaired) electrons. The Bertz CT molecular complexity index is 277. The lowest BCUT2D eigenvalue weighted by Gasteiger charge is -2.05. The summed E-state index contributed by atoms with van der Waals surface area (Å²) in [4.78, 5) is 0. The zero-order valence-electron chi connectivity index (χ0n) is 5.73. The van der Waals surface area contributed by atoms with Crippen molar-refractivity contribution in [3.8, 4) is 5.75 Å². The Kier molecular flexibility index (Phi) is 2.81. The van der Waals surface area contributed by atoms with Crippen molar-refractivity contribution in [2.24, 2.45) is 0 Å². The van der Waals surface area contributed by atoms with E-state index in [2.05, 4.69) is 4.74 Å². The quantitative estimate of drug-likeness (QED) is 0.706. The van der Waals surface area contributed by atoms with Gasteiger partial charge in [0.1, 0.15) is 0 Å². The molecular weight excluding hydrogens is 193 g/mol. The Balaban J connectivity index is 2.92. The highest BCUT2D eigenvalue weighted by Crippen LogP contribution is 2.25. The molecule has 0 aliphatic carbocycles. The van der Waals surface area contributed by atoms with Crippen molar-refractivity contribution in [1.29, 1.82) is 0 Å². The highest BCUT2D eigenvalue weighted by Gasteiger charge is 2.11. The first kappa shape index (κ1) is 9.19. The highest BCUT2D eigenvalue weighted by atomic mass is 35.5. The lowest BCUT2D eigenvalue weighted by atomic mass is 10.3. The Labute approximate surface area is 71.7 Å². The van der Waals surface area contributed by atoms with Gasteiger partial charge in [0.05, 0.1) is 5.02 Å². The molecule has 1 nitrogen and oxygen atoms in total. The summed E-state index contributed by atoms with van der Waals surface area (Å²) in [5, 5.41) is -0.242. The molecule has 12 heavy (non-hydrogen) atoms. The molecule has 5 heteroatoms. The molecule has 0 saturated heterocycles. The first-order chi connectivity index (χ1) is 5.61. The van der Waals surface area contributed by atoms with Gasteiger partial charge in [-0.3, -0.25) is 0 Å². The molecular formula is C7H4ClF3O. The average molecular weight is 197 g/mol. The number of rotatable bonds is 2. The van der Waals surface area contributed by atoms with Crippen molar-refractivity contribution in [2.45, 2.75) is 6.61 Å². The maximum atomic E-state index is 12.8. The van der Waals surface area contributed by atoms with Crippen LogP contribution in [0.5, 0.6) is 5.75 Å². The van der Waals surface area contributed by atoms with Crippen molar-refractivity contribution in [3.05, 3.63) is 29.0 Å². The molecule has 1 aromatic rings. The summed E-state index contributed by atoms with van der Waals surface area (Å²) >= 11 is 5.30. The minimum atomic E-state index is -3.04. The Morgan fingerprint density at radius 3 is 2.58 bits per heavy atom. The van der Waals surface area contributed by atoms with Crippen LogP contribution in [0.1, 0.15) is 0 Å². The van der Waals surface area contributed by atoms with Gasteiger partial charge in [0.2, 0.25) is 0 Å². The molecule has 0 N–H and O–H groups in total. The molecule has 0 saturated carbocycles. The van der Waals surface area contributed by atoms with E-state index in [4.69, 9.17) is 11.6 Å². The first-order valence-electron chi connectivity index (χ1n) is 3.00. The standard InChI is InChI=1S/C7H4ClF3O/c8-4-2-1-3-5(6(4)9)12-7(10)11/h1-3,7H. The van der Waals surface area contributed by atoms with E-state index in [1.165, 1.54) is 12.1 Å². The molecule has 0 fully saturated rings. The van der Waals surface area contributed by atoms with E-state index < -0.39 is 18.2 Å². The molecule has 0 heterocycles. The number of alkyl halides is 2. The summed E-state index contributed by atoms with van der Waals surface area (Å²) in [5.74, 6) is -1.52. The predicted octanol–water partition coefficient (Wildman–Crippen LogP) is 3.08. The number of hydrogen-bond donors (Lipinski definition) is 0. The van der Waals surface area contributed by atoms with Crippen LogP contribution in [0.2, 0.25) is 5.02 Å². The van der Waals surface area contributed by atoms with E-state index in [-0.39, 0.29) is 5.02 Å². The first-order valence-corrected chi connectivity index (χ1v) is 3.38. The lowest BCUT2D eigenvalue weighted by molar-refractivity contribution is -0.0521. The average Bonchev–Trinajstić information content (AvgIpc) is 1.98. The van der Waals surface area contributed by atoms with Crippen LogP contribution < -0.4 is 4.74 Å². The van der Waals surface area contributed by atoms with Gasteiger partial charge in [-0.05, 0) is 12.1 Å². The van der Waals surface area contributed by atoms with Crippen LogP contribution in [0.4, 0.5) is 13.2 Å². The van der Waals surface area contributed by atoms with Crippen molar-refractivity contribution in [1.82, 2.24) is 0 Å². The Morgan fingerprint density at radius 1 is 1.33 bits per heavy atom. The summed E-state index contributed by atoms with van der Waals surface area (Å²) in [7, 11) is 0. The molecule has 0 bridgehead atoms. The normalized spacial score (nSPS) is 10.4.